The molecule has 0 aliphatic carbocycles. The van der Waals surface area contributed by atoms with Crippen molar-refractivity contribution in [2.75, 3.05) is 13.7 Å². The summed E-state index contributed by atoms with van der Waals surface area (Å²) in [6.45, 7) is 7.11. The van der Waals surface area contributed by atoms with Crippen molar-refractivity contribution in [1.29, 1.82) is 0 Å². The molecule has 17 heavy (non-hydrogen) atoms. The summed E-state index contributed by atoms with van der Waals surface area (Å²) in [5.41, 5.74) is 2.51. The van der Waals surface area contributed by atoms with Gasteiger partial charge in [0.05, 0.1) is 6.61 Å². The molecule has 0 amide bonds. The quantitative estimate of drug-likeness (QED) is 0.706. The zero-order valence-electron chi connectivity index (χ0n) is 11.2. The summed E-state index contributed by atoms with van der Waals surface area (Å²) in [5.74, 6) is 0.298. The highest BCUT2D eigenvalue weighted by atomic mass is 16.5. The van der Waals surface area contributed by atoms with E-state index in [1.54, 1.807) is 7.11 Å². The number of carbonyl (C=O) groups excluding carboxylic acids is 1. The Bertz CT molecular complexity index is 352. The van der Waals surface area contributed by atoms with Crippen molar-refractivity contribution in [2.24, 2.45) is 0 Å². The summed E-state index contributed by atoms with van der Waals surface area (Å²) in [5, 5.41) is 0. The average molecular weight is 234 g/mol. The van der Waals surface area contributed by atoms with Crippen LogP contribution in [-0.2, 0) is 14.9 Å². The Kier molecular flexibility index (Phi) is 4.88. The molecule has 1 aromatic carbocycles. The standard InChI is InChI=1S/C15H22O2/c1-12(9-10-16)13-5-7-14(8-6-13)15(2,3)11-17-4/h5-8,10,12H,9,11H2,1-4H3. The zero-order valence-corrected chi connectivity index (χ0v) is 11.2. The van der Waals surface area contributed by atoms with Gasteiger partial charge >= 0.3 is 0 Å². The average Bonchev–Trinajstić information content (AvgIpc) is 2.29. The fourth-order valence-corrected chi connectivity index (χ4v) is 1.99. The van der Waals surface area contributed by atoms with Crippen LogP contribution in [0.25, 0.3) is 0 Å². The Morgan fingerprint density at radius 1 is 1.29 bits per heavy atom. The van der Waals surface area contributed by atoms with Crippen LogP contribution in [0.2, 0.25) is 0 Å². The number of hydrogen-bond donors (Lipinski definition) is 0. The highest BCUT2D eigenvalue weighted by molar-refractivity contribution is 5.51. The third-order valence-corrected chi connectivity index (χ3v) is 3.22. The molecule has 0 aromatic heterocycles. The predicted octanol–water partition coefficient (Wildman–Crippen LogP) is 3.30. The van der Waals surface area contributed by atoms with Crippen LogP contribution < -0.4 is 0 Å². The normalized spacial score (nSPS) is 13.4. The number of rotatable bonds is 6. The molecular weight excluding hydrogens is 212 g/mol. The molecule has 94 valence electrons. The van der Waals surface area contributed by atoms with Crippen molar-refractivity contribution < 1.29 is 9.53 Å². The molecule has 0 aliphatic heterocycles. The molecule has 0 saturated carbocycles. The van der Waals surface area contributed by atoms with Crippen LogP contribution in [0.4, 0.5) is 0 Å². The van der Waals surface area contributed by atoms with Gasteiger partial charge in [-0.2, -0.15) is 0 Å². The lowest BCUT2D eigenvalue weighted by molar-refractivity contribution is -0.108. The van der Waals surface area contributed by atoms with Gasteiger partial charge in [-0.05, 0) is 17.0 Å². The van der Waals surface area contributed by atoms with Gasteiger partial charge in [0.25, 0.3) is 0 Å². The van der Waals surface area contributed by atoms with Crippen LogP contribution in [0.5, 0.6) is 0 Å². The number of ether oxygens (including phenoxy) is 1. The van der Waals surface area contributed by atoms with Crippen LogP contribution in [0.3, 0.4) is 0 Å². The maximum atomic E-state index is 10.5. The van der Waals surface area contributed by atoms with Gasteiger partial charge in [-0.25, -0.2) is 0 Å². The first kappa shape index (κ1) is 13.9. The van der Waals surface area contributed by atoms with Gasteiger partial charge < -0.3 is 9.53 Å². The van der Waals surface area contributed by atoms with E-state index < -0.39 is 0 Å². The number of benzene rings is 1. The van der Waals surface area contributed by atoms with Crippen LogP contribution in [0.1, 0.15) is 44.2 Å². The molecule has 2 heteroatoms. The molecule has 1 rings (SSSR count). The number of carbonyl (C=O) groups is 1. The molecule has 0 spiro atoms. The third kappa shape index (κ3) is 3.67. The minimum Gasteiger partial charge on any atom is -0.384 e. The predicted molar refractivity (Wildman–Crippen MR) is 70.4 cm³/mol. The van der Waals surface area contributed by atoms with Crippen molar-refractivity contribution in [3.05, 3.63) is 35.4 Å². The first-order chi connectivity index (χ1) is 8.01. The van der Waals surface area contributed by atoms with Crippen molar-refractivity contribution in [3.8, 4) is 0 Å². The van der Waals surface area contributed by atoms with E-state index in [1.807, 2.05) is 0 Å². The van der Waals surface area contributed by atoms with Crippen molar-refractivity contribution in [2.45, 2.75) is 38.5 Å². The maximum Gasteiger partial charge on any atom is 0.120 e. The smallest absolute Gasteiger partial charge is 0.120 e. The fourth-order valence-electron chi connectivity index (χ4n) is 1.99. The minimum absolute atomic E-state index is 0.0289. The van der Waals surface area contributed by atoms with E-state index in [1.165, 1.54) is 11.1 Å². The van der Waals surface area contributed by atoms with Gasteiger partial charge in [0.2, 0.25) is 0 Å². The summed E-state index contributed by atoms with van der Waals surface area (Å²) in [7, 11) is 1.72. The SMILES string of the molecule is COCC(C)(C)c1ccc(C(C)CC=O)cc1. The topological polar surface area (TPSA) is 26.3 Å². The van der Waals surface area contributed by atoms with Gasteiger partial charge in [-0.1, -0.05) is 45.0 Å². The molecule has 1 unspecified atom stereocenters. The molecule has 0 bridgehead atoms. The monoisotopic (exact) mass is 234 g/mol. The van der Waals surface area contributed by atoms with E-state index in [4.69, 9.17) is 4.74 Å². The Hall–Kier alpha value is -1.15. The Morgan fingerprint density at radius 3 is 2.35 bits per heavy atom. The van der Waals surface area contributed by atoms with Crippen molar-refractivity contribution in [1.82, 2.24) is 0 Å². The van der Waals surface area contributed by atoms with Gasteiger partial charge in [-0.3, -0.25) is 0 Å². The van der Waals surface area contributed by atoms with Crippen LogP contribution in [-0.4, -0.2) is 20.0 Å². The summed E-state index contributed by atoms with van der Waals surface area (Å²) in [6, 6.07) is 8.49. The first-order valence-corrected chi connectivity index (χ1v) is 6.04. The number of methoxy groups -OCH3 is 1. The van der Waals surface area contributed by atoms with Gasteiger partial charge in [0.1, 0.15) is 6.29 Å². The van der Waals surface area contributed by atoms with Crippen LogP contribution in [0, 0.1) is 0 Å². The van der Waals surface area contributed by atoms with E-state index in [-0.39, 0.29) is 5.41 Å². The summed E-state index contributed by atoms with van der Waals surface area (Å²) in [6.07, 6.45) is 1.56. The first-order valence-electron chi connectivity index (χ1n) is 6.04. The summed E-state index contributed by atoms with van der Waals surface area (Å²) >= 11 is 0. The Morgan fingerprint density at radius 2 is 1.88 bits per heavy atom. The van der Waals surface area contributed by atoms with Gasteiger partial charge in [0.15, 0.2) is 0 Å². The van der Waals surface area contributed by atoms with Gasteiger partial charge in [-0.15, -0.1) is 0 Å². The van der Waals surface area contributed by atoms with Crippen LogP contribution in [0.15, 0.2) is 24.3 Å². The van der Waals surface area contributed by atoms with E-state index in [0.717, 1.165) is 6.29 Å². The van der Waals surface area contributed by atoms with Crippen molar-refractivity contribution in [3.63, 3.8) is 0 Å². The largest absolute Gasteiger partial charge is 0.384 e. The maximum absolute atomic E-state index is 10.5. The lowest BCUT2D eigenvalue weighted by Gasteiger charge is -2.24. The molecule has 0 N–H and O–H groups in total. The van der Waals surface area contributed by atoms with E-state index in [2.05, 4.69) is 45.0 Å². The Balaban J connectivity index is 2.83. The molecule has 2 nitrogen and oxygen atoms in total. The highest BCUT2D eigenvalue weighted by Crippen LogP contribution is 2.26. The molecular formula is C15H22O2. The molecule has 0 fully saturated rings. The van der Waals surface area contributed by atoms with E-state index >= 15 is 0 Å². The minimum atomic E-state index is 0.0289. The summed E-state index contributed by atoms with van der Waals surface area (Å²) < 4.78 is 5.23. The second kappa shape index (κ2) is 5.97. The molecule has 0 heterocycles. The molecule has 1 atom stereocenters. The molecule has 1 aromatic rings. The molecule has 0 aliphatic rings. The molecule has 0 saturated heterocycles. The lowest BCUT2D eigenvalue weighted by Crippen LogP contribution is -2.23. The molecule has 0 radical (unpaired) electrons. The zero-order chi connectivity index (χ0) is 12.9. The highest BCUT2D eigenvalue weighted by Gasteiger charge is 2.20. The second-order valence-corrected chi connectivity index (χ2v) is 5.24. The number of aldehydes is 1. The lowest BCUT2D eigenvalue weighted by atomic mass is 9.84. The summed E-state index contributed by atoms with van der Waals surface area (Å²) in [4.78, 5) is 10.5. The van der Waals surface area contributed by atoms with Crippen LogP contribution >= 0.6 is 0 Å². The van der Waals surface area contributed by atoms with E-state index in [0.29, 0.717) is 18.9 Å². The Labute approximate surface area is 104 Å². The van der Waals surface area contributed by atoms with Crippen molar-refractivity contribution >= 4 is 6.29 Å². The third-order valence-electron chi connectivity index (χ3n) is 3.22. The van der Waals surface area contributed by atoms with E-state index in [9.17, 15) is 4.79 Å². The number of hydrogen-bond acceptors (Lipinski definition) is 2. The fraction of sp³-hybridized carbons (Fsp3) is 0.533. The second-order valence-electron chi connectivity index (χ2n) is 5.24. The van der Waals surface area contributed by atoms with Gasteiger partial charge in [0, 0.05) is 18.9 Å².